The van der Waals surface area contributed by atoms with Gasteiger partial charge in [-0.15, -0.1) is 0 Å². The molecule has 1 aliphatic heterocycles. The second-order valence-electron chi connectivity index (χ2n) is 9.85. The fourth-order valence-electron chi connectivity index (χ4n) is 4.87. The summed E-state index contributed by atoms with van der Waals surface area (Å²) in [6, 6.07) is 11.4. The van der Waals surface area contributed by atoms with Gasteiger partial charge in [0.25, 0.3) is 5.91 Å². The van der Waals surface area contributed by atoms with Gasteiger partial charge < -0.3 is 30.0 Å². The molecule has 5 rings (SSSR count). The molecule has 208 valence electrons. The molecule has 10 heteroatoms. The van der Waals surface area contributed by atoms with Gasteiger partial charge in [-0.05, 0) is 55.2 Å². The van der Waals surface area contributed by atoms with E-state index in [-0.39, 0.29) is 18.0 Å². The first kappa shape index (κ1) is 27.1. The van der Waals surface area contributed by atoms with E-state index in [0.29, 0.717) is 37.7 Å². The molecular formula is C30H35N7O3. The van der Waals surface area contributed by atoms with Crippen LogP contribution in [0.2, 0.25) is 0 Å². The van der Waals surface area contributed by atoms with Crippen LogP contribution in [-0.4, -0.2) is 63.6 Å². The Kier molecular flexibility index (Phi) is 8.26. The molecule has 1 aliphatic rings. The first-order chi connectivity index (χ1) is 19.5. The van der Waals surface area contributed by atoms with Gasteiger partial charge in [0.05, 0.1) is 24.5 Å². The number of hydrogen-bond acceptors (Lipinski definition) is 6. The summed E-state index contributed by atoms with van der Waals surface area (Å²) in [4.78, 5) is 36.2. The van der Waals surface area contributed by atoms with E-state index in [1.165, 1.54) is 0 Å². The lowest BCUT2D eigenvalue weighted by molar-refractivity contribution is 0.0302. The number of morpholine rings is 1. The van der Waals surface area contributed by atoms with Gasteiger partial charge in [0, 0.05) is 55.2 Å². The first-order valence-electron chi connectivity index (χ1n) is 13.7. The second-order valence-corrected chi connectivity index (χ2v) is 9.85. The summed E-state index contributed by atoms with van der Waals surface area (Å²) in [6.45, 7) is 8.41. The number of anilines is 3. The Morgan fingerprint density at radius 3 is 2.58 bits per heavy atom. The third-order valence-electron chi connectivity index (χ3n) is 7.27. The monoisotopic (exact) mass is 541 g/mol. The molecule has 0 saturated carbocycles. The van der Waals surface area contributed by atoms with Crippen molar-refractivity contribution < 1.29 is 14.3 Å². The molecule has 0 spiro atoms. The number of benzene rings is 1. The average Bonchev–Trinajstić information content (AvgIpc) is 3.47. The molecule has 0 unspecified atom stereocenters. The van der Waals surface area contributed by atoms with Crippen molar-refractivity contribution in [3.05, 3.63) is 72.3 Å². The molecule has 4 aromatic rings. The molecule has 1 aromatic carbocycles. The van der Waals surface area contributed by atoms with Crippen molar-refractivity contribution in [3.8, 4) is 11.1 Å². The van der Waals surface area contributed by atoms with Crippen LogP contribution in [0.4, 0.5) is 22.0 Å². The van der Waals surface area contributed by atoms with Crippen molar-refractivity contribution in [1.29, 1.82) is 0 Å². The van der Waals surface area contributed by atoms with Crippen LogP contribution in [0, 0.1) is 6.92 Å². The zero-order valence-electron chi connectivity index (χ0n) is 23.1. The number of ether oxygens (including phenoxy) is 1. The van der Waals surface area contributed by atoms with Gasteiger partial charge in [0.1, 0.15) is 5.82 Å². The molecule has 3 aromatic heterocycles. The highest BCUT2D eigenvalue weighted by molar-refractivity contribution is 5.94. The maximum atomic E-state index is 12.8. The standard InChI is InChI=1S/C30H35N7O3/c1-4-23(5-2)33-30(39)35-25-8-6-7-24(20(25)3)22-17-26(28-31-11-12-37(28)19-22)34-27-10-9-21(18-32-27)29(38)36-13-15-40-16-14-36/h6-12,17-19,23H,4-5,13-16H2,1-3H3,(H,32,34)(H2,33,35,39). The van der Waals surface area contributed by atoms with Crippen LogP contribution in [0.1, 0.15) is 42.6 Å². The molecule has 0 radical (unpaired) electrons. The minimum absolute atomic E-state index is 0.0439. The van der Waals surface area contributed by atoms with Crippen molar-refractivity contribution in [3.63, 3.8) is 0 Å². The lowest BCUT2D eigenvalue weighted by Gasteiger charge is -2.26. The molecular weight excluding hydrogens is 506 g/mol. The number of pyridine rings is 2. The average molecular weight is 542 g/mol. The van der Waals surface area contributed by atoms with Gasteiger partial charge in [-0.3, -0.25) is 4.79 Å². The van der Waals surface area contributed by atoms with Crippen LogP contribution < -0.4 is 16.0 Å². The molecule has 4 heterocycles. The molecule has 40 heavy (non-hydrogen) atoms. The number of amides is 3. The largest absolute Gasteiger partial charge is 0.378 e. The van der Waals surface area contributed by atoms with E-state index in [1.54, 1.807) is 29.4 Å². The predicted molar refractivity (Wildman–Crippen MR) is 156 cm³/mol. The maximum absolute atomic E-state index is 12.8. The Bertz CT molecular complexity index is 1490. The first-order valence-corrected chi connectivity index (χ1v) is 13.7. The van der Waals surface area contributed by atoms with E-state index in [9.17, 15) is 9.59 Å². The number of aromatic nitrogens is 3. The Labute approximate surface area is 233 Å². The maximum Gasteiger partial charge on any atom is 0.319 e. The van der Waals surface area contributed by atoms with Crippen molar-refractivity contribution in [1.82, 2.24) is 24.6 Å². The predicted octanol–water partition coefficient (Wildman–Crippen LogP) is 5.23. The number of carbonyl (C=O) groups excluding carboxylic acids is 2. The minimum Gasteiger partial charge on any atom is -0.378 e. The quantitative estimate of drug-likeness (QED) is 0.282. The van der Waals surface area contributed by atoms with E-state index in [2.05, 4.69) is 39.8 Å². The van der Waals surface area contributed by atoms with Gasteiger partial charge in [0.15, 0.2) is 5.65 Å². The summed E-state index contributed by atoms with van der Waals surface area (Å²) in [5.74, 6) is 0.559. The Morgan fingerprint density at radius 1 is 1.05 bits per heavy atom. The van der Waals surface area contributed by atoms with E-state index in [4.69, 9.17) is 4.74 Å². The molecule has 0 atom stereocenters. The number of nitrogens with zero attached hydrogens (tertiary/aromatic N) is 4. The molecule has 3 amide bonds. The second kappa shape index (κ2) is 12.2. The topological polar surface area (TPSA) is 113 Å². The molecule has 0 bridgehead atoms. The Hall–Kier alpha value is -4.44. The highest BCUT2D eigenvalue weighted by Gasteiger charge is 2.19. The van der Waals surface area contributed by atoms with Crippen molar-refractivity contribution in [2.75, 3.05) is 36.9 Å². The van der Waals surface area contributed by atoms with Crippen LogP contribution in [-0.2, 0) is 4.74 Å². The van der Waals surface area contributed by atoms with Gasteiger partial charge in [-0.25, -0.2) is 14.8 Å². The summed E-state index contributed by atoms with van der Waals surface area (Å²) in [7, 11) is 0. The van der Waals surface area contributed by atoms with Crippen LogP contribution in [0.3, 0.4) is 0 Å². The fraction of sp³-hybridized carbons (Fsp3) is 0.333. The molecule has 10 nitrogen and oxygen atoms in total. The minimum atomic E-state index is -0.206. The van der Waals surface area contributed by atoms with Gasteiger partial charge in [-0.1, -0.05) is 26.0 Å². The number of hydrogen-bond donors (Lipinski definition) is 3. The number of imidazole rings is 1. The van der Waals surface area contributed by atoms with Gasteiger partial charge >= 0.3 is 6.03 Å². The highest BCUT2D eigenvalue weighted by atomic mass is 16.5. The van der Waals surface area contributed by atoms with Crippen molar-refractivity contribution >= 4 is 34.8 Å². The van der Waals surface area contributed by atoms with E-state index in [0.717, 1.165) is 46.6 Å². The van der Waals surface area contributed by atoms with Crippen molar-refractivity contribution in [2.45, 2.75) is 39.7 Å². The molecule has 3 N–H and O–H groups in total. The van der Waals surface area contributed by atoms with E-state index < -0.39 is 0 Å². The zero-order chi connectivity index (χ0) is 28.1. The Balaban J connectivity index is 1.39. The number of fused-ring (bicyclic) bond motifs is 1. The number of urea groups is 1. The van der Waals surface area contributed by atoms with Crippen LogP contribution >= 0.6 is 0 Å². The summed E-state index contributed by atoms with van der Waals surface area (Å²) in [5, 5.41) is 9.41. The van der Waals surface area contributed by atoms with Gasteiger partial charge in [0.2, 0.25) is 0 Å². The van der Waals surface area contributed by atoms with E-state index in [1.807, 2.05) is 48.0 Å². The van der Waals surface area contributed by atoms with Crippen LogP contribution in [0.15, 0.2) is 61.2 Å². The fourth-order valence-corrected chi connectivity index (χ4v) is 4.87. The summed E-state index contributed by atoms with van der Waals surface area (Å²) in [5.41, 5.74) is 5.70. The lowest BCUT2D eigenvalue weighted by atomic mass is 10.00. The van der Waals surface area contributed by atoms with Crippen LogP contribution in [0.25, 0.3) is 16.8 Å². The summed E-state index contributed by atoms with van der Waals surface area (Å²) in [6.07, 6.45) is 9.01. The van der Waals surface area contributed by atoms with Gasteiger partial charge in [-0.2, -0.15) is 0 Å². The van der Waals surface area contributed by atoms with E-state index >= 15 is 0 Å². The summed E-state index contributed by atoms with van der Waals surface area (Å²) >= 11 is 0. The third-order valence-corrected chi connectivity index (χ3v) is 7.27. The molecule has 0 aliphatic carbocycles. The third kappa shape index (κ3) is 5.91. The smallest absolute Gasteiger partial charge is 0.319 e. The lowest BCUT2D eigenvalue weighted by Crippen LogP contribution is -2.40. The SMILES string of the molecule is CCC(CC)NC(=O)Nc1cccc(-c2cc(Nc3ccc(C(=O)N4CCOCC4)cn3)c3nccn3c2)c1C. The van der Waals surface area contributed by atoms with Crippen molar-refractivity contribution in [2.24, 2.45) is 0 Å². The Morgan fingerprint density at radius 2 is 1.85 bits per heavy atom. The molecule has 1 saturated heterocycles. The normalized spacial score (nSPS) is 13.4. The number of rotatable bonds is 8. The number of carbonyl (C=O) groups is 2. The summed E-state index contributed by atoms with van der Waals surface area (Å²) < 4.78 is 7.30. The zero-order valence-corrected chi connectivity index (χ0v) is 23.1. The molecule has 1 fully saturated rings. The highest BCUT2D eigenvalue weighted by Crippen LogP contribution is 2.32. The number of nitrogens with one attached hydrogen (secondary N) is 3. The van der Waals surface area contributed by atoms with Crippen LogP contribution in [0.5, 0.6) is 0 Å².